The van der Waals surface area contributed by atoms with E-state index in [4.69, 9.17) is 4.74 Å². The van der Waals surface area contributed by atoms with E-state index in [0.717, 1.165) is 60.8 Å². The van der Waals surface area contributed by atoms with Crippen LogP contribution in [0.1, 0.15) is 82.4 Å². The van der Waals surface area contributed by atoms with Crippen molar-refractivity contribution in [2.24, 2.45) is 0 Å². The Balaban J connectivity index is 1.31. The number of nitrogens with zero attached hydrogens (tertiary/aromatic N) is 1. The van der Waals surface area contributed by atoms with Crippen LogP contribution in [0.5, 0.6) is 0 Å². The summed E-state index contributed by atoms with van der Waals surface area (Å²) in [6, 6.07) is 14.8. The van der Waals surface area contributed by atoms with Crippen molar-refractivity contribution in [1.29, 1.82) is 0 Å². The fourth-order valence-corrected chi connectivity index (χ4v) is 6.22. The first-order valence-corrected chi connectivity index (χ1v) is 14.2. The summed E-state index contributed by atoms with van der Waals surface area (Å²) in [7, 11) is 0. The minimum Gasteiger partial charge on any atom is -0.460 e. The molecular formula is C32H41N3O3. The van der Waals surface area contributed by atoms with E-state index in [9.17, 15) is 9.59 Å². The molecule has 0 atom stereocenters. The highest BCUT2D eigenvalue weighted by atomic mass is 16.6. The Bertz CT molecular complexity index is 1290. The van der Waals surface area contributed by atoms with Crippen LogP contribution >= 0.6 is 0 Å². The molecule has 6 nitrogen and oxygen atoms in total. The highest BCUT2D eigenvalue weighted by Gasteiger charge is 2.39. The lowest BCUT2D eigenvalue weighted by Gasteiger charge is -2.35. The van der Waals surface area contributed by atoms with Gasteiger partial charge in [-0.3, -0.25) is 9.59 Å². The van der Waals surface area contributed by atoms with Gasteiger partial charge in [0.15, 0.2) is 0 Å². The highest BCUT2D eigenvalue weighted by Crippen LogP contribution is 2.43. The fraction of sp³-hybridized carbons (Fsp3) is 0.500. The molecule has 5 rings (SSSR count). The molecule has 1 aliphatic heterocycles. The quantitative estimate of drug-likeness (QED) is 0.352. The van der Waals surface area contributed by atoms with Crippen molar-refractivity contribution in [3.63, 3.8) is 0 Å². The summed E-state index contributed by atoms with van der Waals surface area (Å²) in [6.45, 7) is 7.83. The van der Waals surface area contributed by atoms with Gasteiger partial charge in [-0.05, 0) is 82.2 Å². The van der Waals surface area contributed by atoms with Gasteiger partial charge in [-0.2, -0.15) is 0 Å². The maximum absolute atomic E-state index is 13.5. The van der Waals surface area contributed by atoms with Gasteiger partial charge in [0.05, 0.1) is 12.0 Å². The minimum absolute atomic E-state index is 0.0633. The Hall–Kier alpha value is -3.28. The Morgan fingerprint density at radius 1 is 1.03 bits per heavy atom. The number of ether oxygens (including phenoxy) is 1. The molecule has 6 heteroatoms. The Kier molecular flexibility index (Phi) is 7.51. The van der Waals surface area contributed by atoms with E-state index in [-0.39, 0.29) is 17.4 Å². The van der Waals surface area contributed by atoms with Crippen LogP contribution < -0.4 is 10.2 Å². The molecule has 202 valence electrons. The molecule has 0 bridgehead atoms. The number of aryl methyl sites for hydroxylation is 1. The second kappa shape index (κ2) is 10.8. The van der Waals surface area contributed by atoms with Gasteiger partial charge >= 0.3 is 5.97 Å². The van der Waals surface area contributed by atoms with Crippen molar-refractivity contribution in [1.82, 2.24) is 10.3 Å². The summed E-state index contributed by atoms with van der Waals surface area (Å²) >= 11 is 0. The third-order valence-electron chi connectivity index (χ3n) is 7.92. The molecule has 1 aliphatic carbocycles. The topological polar surface area (TPSA) is 74.4 Å². The number of para-hydroxylation sites is 1. The molecule has 1 aromatic heterocycles. The monoisotopic (exact) mass is 515 g/mol. The smallest absolute Gasteiger partial charge is 0.306 e. The molecule has 0 unspecified atom stereocenters. The van der Waals surface area contributed by atoms with Gasteiger partial charge in [-0.25, -0.2) is 0 Å². The van der Waals surface area contributed by atoms with E-state index >= 15 is 0 Å². The number of benzene rings is 2. The van der Waals surface area contributed by atoms with Crippen LogP contribution in [0.4, 0.5) is 5.69 Å². The number of rotatable bonds is 8. The van der Waals surface area contributed by atoms with E-state index in [1.54, 1.807) is 0 Å². The maximum atomic E-state index is 13.5. The van der Waals surface area contributed by atoms with Gasteiger partial charge in [0, 0.05) is 47.9 Å². The number of carbonyl (C=O) groups excluding carboxylic acids is 2. The van der Waals surface area contributed by atoms with Gasteiger partial charge in [-0.15, -0.1) is 0 Å². The number of hydrogen-bond donors (Lipinski definition) is 2. The van der Waals surface area contributed by atoms with Crippen LogP contribution in [-0.2, 0) is 32.7 Å². The molecule has 2 aromatic carbocycles. The van der Waals surface area contributed by atoms with Crippen molar-refractivity contribution in [3.8, 4) is 0 Å². The fourth-order valence-electron chi connectivity index (χ4n) is 6.22. The molecule has 2 aliphatic rings. The lowest BCUT2D eigenvalue weighted by Crippen LogP contribution is -2.45. The Labute approximate surface area is 226 Å². The average molecular weight is 516 g/mol. The number of fused-ring (bicyclic) bond motifs is 1. The van der Waals surface area contributed by atoms with Gasteiger partial charge in [0.2, 0.25) is 5.91 Å². The predicted octanol–water partition coefficient (Wildman–Crippen LogP) is 6.17. The largest absolute Gasteiger partial charge is 0.460 e. The molecule has 1 saturated carbocycles. The molecule has 3 aromatic rings. The van der Waals surface area contributed by atoms with E-state index < -0.39 is 5.60 Å². The highest BCUT2D eigenvalue weighted by molar-refractivity contribution is 5.87. The molecule has 2 N–H and O–H groups in total. The Morgan fingerprint density at radius 3 is 2.50 bits per heavy atom. The summed E-state index contributed by atoms with van der Waals surface area (Å²) in [6.07, 6.45) is 9.90. The van der Waals surface area contributed by atoms with Gasteiger partial charge in [0.1, 0.15) is 5.60 Å². The van der Waals surface area contributed by atoms with Crippen molar-refractivity contribution in [2.45, 2.75) is 89.7 Å². The van der Waals surface area contributed by atoms with Crippen molar-refractivity contribution >= 4 is 28.5 Å². The molecule has 1 saturated heterocycles. The van der Waals surface area contributed by atoms with E-state index in [1.165, 1.54) is 24.1 Å². The van der Waals surface area contributed by atoms with Crippen LogP contribution in [0.15, 0.2) is 48.7 Å². The first-order valence-electron chi connectivity index (χ1n) is 14.2. The summed E-state index contributed by atoms with van der Waals surface area (Å²) in [5, 5.41) is 4.57. The van der Waals surface area contributed by atoms with Crippen LogP contribution in [0.2, 0.25) is 0 Å². The summed E-state index contributed by atoms with van der Waals surface area (Å²) in [5.74, 6) is -0.133. The second-order valence-corrected chi connectivity index (χ2v) is 12.0. The minimum atomic E-state index is -0.483. The lowest BCUT2D eigenvalue weighted by molar-refractivity contribution is -0.154. The molecular weight excluding hydrogens is 474 g/mol. The molecule has 2 heterocycles. The number of amides is 1. The molecule has 0 spiro atoms. The van der Waals surface area contributed by atoms with Crippen LogP contribution in [0.25, 0.3) is 10.9 Å². The van der Waals surface area contributed by atoms with E-state index in [2.05, 4.69) is 45.5 Å². The third kappa shape index (κ3) is 5.90. The van der Waals surface area contributed by atoms with Gasteiger partial charge in [0.25, 0.3) is 0 Å². The van der Waals surface area contributed by atoms with Gasteiger partial charge in [-0.1, -0.05) is 37.1 Å². The van der Waals surface area contributed by atoms with E-state index in [1.807, 2.05) is 39.1 Å². The number of carbonyl (C=O) groups is 2. The zero-order valence-electron chi connectivity index (χ0n) is 23.1. The van der Waals surface area contributed by atoms with Crippen LogP contribution in [-0.4, -0.2) is 35.6 Å². The number of esters is 1. The predicted molar refractivity (Wildman–Crippen MR) is 152 cm³/mol. The number of nitrogens with one attached hydrogen (secondary N) is 2. The normalized spacial score (nSPS) is 17.2. The zero-order chi connectivity index (χ0) is 26.8. The molecule has 0 radical (unpaired) electrons. The van der Waals surface area contributed by atoms with Crippen molar-refractivity contribution in [2.75, 3.05) is 18.0 Å². The SMILES string of the molecule is CC(C)(C)OC(=O)CCc1c[nH]c2ccc(CC(=O)NC3(c4ccccc4N4CCCC4)CCCC3)cc12. The second-order valence-electron chi connectivity index (χ2n) is 12.0. The maximum Gasteiger partial charge on any atom is 0.306 e. The number of aromatic amines is 1. The van der Waals surface area contributed by atoms with Gasteiger partial charge < -0.3 is 19.9 Å². The van der Waals surface area contributed by atoms with E-state index in [0.29, 0.717) is 19.3 Å². The van der Waals surface area contributed by atoms with Crippen LogP contribution in [0, 0.1) is 0 Å². The first-order chi connectivity index (χ1) is 18.2. The molecule has 38 heavy (non-hydrogen) atoms. The average Bonchev–Trinajstić information content (AvgIpc) is 3.63. The Morgan fingerprint density at radius 2 is 1.76 bits per heavy atom. The number of aromatic nitrogens is 1. The van der Waals surface area contributed by atoms with Crippen molar-refractivity contribution < 1.29 is 14.3 Å². The summed E-state index contributed by atoms with van der Waals surface area (Å²) < 4.78 is 5.47. The van der Waals surface area contributed by atoms with Crippen molar-refractivity contribution in [3.05, 3.63) is 65.4 Å². The lowest BCUT2D eigenvalue weighted by atomic mass is 9.86. The summed E-state index contributed by atoms with van der Waals surface area (Å²) in [4.78, 5) is 31.5. The first kappa shape index (κ1) is 26.3. The zero-order valence-corrected chi connectivity index (χ0v) is 23.1. The number of H-pyrrole nitrogens is 1. The molecule has 1 amide bonds. The summed E-state index contributed by atoms with van der Waals surface area (Å²) in [5.41, 5.74) is 4.85. The number of hydrogen-bond acceptors (Lipinski definition) is 4. The number of anilines is 1. The van der Waals surface area contributed by atoms with Crippen LogP contribution in [0.3, 0.4) is 0 Å². The standard InChI is InChI=1S/C32H41N3O3/c1-31(2,3)38-30(37)15-13-24-22-33-27-14-12-23(20-25(24)27)21-29(36)34-32(16-6-7-17-32)26-10-4-5-11-28(26)35-18-8-9-19-35/h4-5,10-12,14,20,22,33H,6-9,13,15-19,21H2,1-3H3,(H,34,36). The molecule has 2 fully saturated rings. The third-order valence-corrected chi connectivity index (χ3v) is 7.92.